The van der Waals surface area contributed by atoms with Crippen LogP contribution in [0.4, 0.5) is 4.79 Å². The van der Waals surface area contributed by atoms with Crippen molar-refractivity contribution in [3.8, 4) is 5.75 Å². The van der Waals surface area contributed by atoms with Gasteiger partial charge in [-0.3, -0.25) is 9.59 Å². The van der Waals surface area contributed by atoms with Gasteiger partial charge in [0.05, 0.1) is 12.1 Å². The van der Waals surface area contributed by atoms with Crippen molar-refractivity contribution >= 4 is 17.8 Å². The van der Waals surface area contributed by atoms with Crippen molar-refractivity contribution in [2.45, 2.75) is 77.6 Å². The summed E-state index contributed by atoms with van der Waals surface area (Å²) < 4.78 is 5.80. The quantitative estimate of drug-likeness (QED) is 0.200. The number of aliphatic hydroxyl groups excluding tert-OH is 1. The number of carbonyl (C=O) groups is 3. The Labute approximate surface area is 272 Å². The number of urea groups is 1. The van der Waals surface area contributed by atoms with Gasteiger partial charge >= 0.3 is 6.03 Å². The molecule has 4 atom stereocenters. The van der Waals surface area contributed by atoms with Gasteiger partial charge in [0.2, 0.25) is 5.91 Å². The van der Waals surface area contributed by atoms with Gasteiger partial charge in [0, 0.05) is 19.1 Å². The zero-order valence-corrected chi connectivity index (χ0v) is 27.4. The topological polar surface area (TPSA) is 120 Å². The Morgan fingerprint density at radius 3 is 2.11 bits per heavy atom. The van der Waals surface area contributed by atoms with E-state index in [4.69, 9.17) is 4.74 Å². The fourth-order valence-corrected chi connectivity index (χ4v) is 6.12. The number of carbonyl (C=O) groups excluding carboxylic acids is 3. The highest BCUT2D eigenvalue weighted by molar-refractivity contribution is 5.87. The highest BCUT2D eigenvalue weighted by Gasteiger charge is 2.35. The maximum Gasteiger partial charge on any atom is 0.318 e. The summed E-state index contributed by atoms with van der Waals surface area (Å²) in [5, 5.41) is 20.7. The van der Waals surface area contributed by atoms with Crippen LogP contribution in [0.3, 0.4) is 0 Å². The summed E-state index contributed by atoms with van der Waals surface area (Å²) in [5.74, 6) is -0.113. The standard InChI is InChI=1S/C37H48N4O5/c1-25(2)35(41-17-11-16-38-37(41)45)36(44)39-30(21-28-12-7-5-8-13-28)23-33(42)32(22-29-14-9-6-10-15-29)40-34(43)24-46-31-19-26(3)18-27(4)20-31/h5-10,12-15,18-20,25,30,32-33,35,42H,11,16-17,21-24H2,1-4H3,(H,38,45)(H,39,44)(H,40,43)/t30-,32-,33-,35-/m0/s1. The molecule has 3 aromatic carbocycles. The molecule has 0 radical (unpaired) electrons. The van der Waals surface area contributed by atoms with Gasteiger partial charge in [-0.15, -0.1) is 0 Å². The molecule has 9 nitrogen and oxygen atoms in total. The molecule has 1 aliphatic heterocycles. The number of ether oxygens (including phenoxy) is 1. The Balaban J connectivity index is 1.51. The lowest BCUT2D eigenvalue weighted by atomic mass is 9.92. The van der Waals surface area contributed by atoms with Crippen molar-refractivity contribution in [2.75, 3.05) is 19.7 Å². The smallest absolute Gasteiger partial charge is 0.318 e. The molecule has 4 N–H and O–H groups in total. The molecule has 4 amide bonds. The van der Waals surface area contributed by atoms with Gasteiger partial charge in [0.15, 0.2) is 6.61 Å². The Morgan fingerprint density at radius 2 is 1.52 bits per heavy atom. The number of nitrogens with one attached hydrogen (secondary N) is 3. The van der Waals surface area contributed by atoms with Crippen molar-refractivity contribution in [3.63, 3.8) is 0 Å². The van der Waals surface area contributed by atoms with Crippen LogP contribution < -0.4 is 20.7 Å². The second-order valence-corrected chi connectivity index (χ2v) is 12.6. The van der Waals surface area contributed by atoms with E-state index in [1.54, 1.807) is 4.90 Å². The number of amides is 4. The van der Waals surface area contributed by atoms with E-state index in [9.17, 15) is 19.5 Å². The molecular weight excluding hydrogens is 580 g/mol. The van der Waals surface area contributed by atoms with Gasteiger partial charge in [-0.05, 0) is 79.8 Å². The highest BCUT2D eigenvalue weighted by Crippen LogP contribution is 2.19. The lowest BCUT2D eigenvalue weighted by Crippen LogP contribution is -2.59. The van der Waals surface area contributed by atoms with Gasteiger partial charge in [-0.1, -0.05) is 80.6 Å². The summed E-state index contributed by atoms with van der Waals surface area (Å²) in [6.45, 7) is 8.71. The first-order chi connectivity index (χ1) is 22.1. The van der Waals surface area contributed by atoms with Gasteiger partial charge in [0.1, 0.15) is 11.8 Å². The number of aliphatic hydroxyl groups is 1. The van der Waals surface area contributed by atoms with Gasteiger partial charge in [0.25, 0.3) is 5.91 Å². The molecule has 1 saturated heterocycles. The maximum absolute atomic E-state index is 13.8. The summed E-state index contributed by atoms with van der Waals surface area (Å²) >= 11 is 0. The third kappa shape index (κ3) is 10.3. The van der Waals surface area contributed by atoms with Gasteiger partial charge < -0.3 is 30.7 Å². The monoisotopic (exact) mass is 628 g/mol. The van der Waals surface area contributed by atoms with E-state index in [0.717, 1.165) is 28.7 Å². The first-order valence-electron chi connectivity index (χ1n) is 16.2. The van der Waals surface area contributed by atoms with E-state index < -0.39 is 24.2 Å². The predicted molar refractivity (Wildman–Crippen MR) is 180 cm³/mol. The van der Waals surface area contributed by atoms with E-state index >= 15 is 0 Å². The minimum Gasteiger partial charge on any atom is -0.484 e. The molecule has 0 spiro atoms. The van der Waals surface area contributed by atoms with Crippen LogP contribution in [0.25, 0.3) is 0 Å². The van der Waals surface area contributed by atoms with Crippen LogP contribution in [0.2, 0.25) is 0 Å². The summed E-state index contributed by atoms with van der Waals surface area (Å²) in [7, 11) is 0. The zero-order chi connectivity index (χ0) is 33.1. The lowest BCUT2D eigenvalue weighted by molar-refractivity contribution is -0.128. The molecule has 9 heteroatoms. The average Bonchev–Trinajstić information content (AvgIpc) is 3.01. The van der Waals surface area contributed by atoms with Crippen LogP contribution in [-0.4, -0.2) is 71.8 Å². The van der Waals surface area contributed by atoms with Crippen molar-refractivity contribution in [3.05, 3.63) is 101 Å². The molecular formula is C37H48N4O5. The molecule has 0 saturated carbocycles. The van der Waals surface area contributed by atoms with E-state index in [2.05, 4.69) is 16.0 Å². The van der Waals surface area contributed by atoms with Crippen LogP contribution in [0.15, 0.2) is 78.9 Å². The number of rotatable bonds is 15. The summed E-state index contributed by atoms with van der Waals surface area (Å²) in [4.78, 5) is 41.3. The Kier molecular flexibility index (Phi) is 12.6. The molecule has 4 rings (SSSR count). The molecule has 1 fully saturated rings. The zero-order valence-electron chi connectivity index (χ0n) is 27.4. The second kappa shape index (κ2) is 16.8. The third-order valence-corrected chi connectivity index (χ3v) is 8.22. The number of hydrogen-bond donors (Lipinski definition) is 4. The van der Waals surface area contributed by atoms with E-state index in [1.165, 1.54) is 0 Å². The molecule has 0 bridgehead atoms. The van der Waals surface area contributed by atoms with Gasteiger partial charge in [-0.25, -0.2) is 4.79 Å². The minimum atomic E-state index is -0.991. The summed E-state index contributed by atoms with van der Waals surface area (Å²) in [6.07, 6.45) is 0.833. The second-order valence-electron chi connectivity index (χ2n) is 12.6. The first kappa shape index (κ1) is 34.5. The predicted octanol–water partition coefficient (Wildman–Crippen LogP) is 4.33. The molecule has 1 heterocycles. The highest BCUT2D eigenvalue weighted by atomic mass is 16.5. The van der Waals surface area contributed by atoms with Gasteiger partial charge in [-0.2, -0.15) is 0 Å². The van der Waals surface area contributed by atoms with Crippen molar-refractivity contribution < 1.29 is 24.2 Å². The van der Waals surface area contributed by atoms with Crippen LogP contribution in [0, 0.1) is 19.8 Å². The van der Waals surface area contributed by atoms with E-state index in [1.807, 2.05) is 107 Å². The SMILES string of the molecule is Cc1cc(C)cc(OCC(=O)N[C@@H](Cc2ccccc2)[C@@H](O)C[C@H](Cc2ccccc2)NC(=O)[C@H](C(C)C)N2CCCNC2=O)c1. The van der Waals surface area contributed by atoms with Crippen LogP contribution >= 0.6 is 0 Å². The molecule has 3 aromatic rings. The fourth-order valence-electron chi connectivity index (χ4n) is 6.12. The summed E-state index contributed by atoms with van der Waals surface area (Å²) in [6, 6.07) is 23.3. The Hall–Kier alpha value is -4.37. The first-order valence-corrected chi connectivity index (χ1v) is 16.2. The maximum atomic E-state index is 13.8. The van der Waals surface area contributed by atoms with Crippen LogP contribution in [0.5, 0.6) is 5.75 Å². The minimum absolute atomic E-state index is 0.117. The number of aryl methyl sites for hydroxylation is 2. The Morgan fingerprint density at radius 1 is 0.913 bits per heavy atom. The Bertz CT molecular complexity index is 1410. The molecule has 246 valence electrons. The van der Waals surface area contributed by atoms with Crippen molar-refractivity contribution in [1.82, 2.24) is 20.9 Å². The number of benzene rings is 3. The molecule has 1 aliphatic rings. The number of nitrogens with zero attached hydrogens (tertiary/aromatic N) is 1. The van der Waals surface area contributed by atoms with E-state index in [-0.39, 0.29) is 36.8 Å². The van der Waals surface area contributed by atoms with Crippen LogP contribution in [-0.2, 0) is 22.4 Å². The average molecular weight is 629 g/mol. The van der Waals surface area contributed by atoms with Crippen molar-refractivity contribution in [1.29, 1.82) is 0 Å². The van der Waals surface area contributed by atoms with Crippen LogP contribution in [0.1, 0.15) is 48.9 Å². The third-order valence-electron chi connectivity index (χ3n) is 8.22. The van der Waals surface area contributed by atoms with Crippen molar-refractivity contribution in [2.24, 2.45) is 5.92 Å². The molecule has 0 aliphatic carbocycles. The summed E-state index contributed by atoms with van der Waals surface area (Å²) in [5.41, 5.74) is 4.05. The molecule has 0 aromatic heterocycles. The fraction of sp³-hybridized carbons (Fsp3) is 0.432. The molecule has 0 unspecified atom stereocenters. The van der Waals surface area contributed by atoms with E-state index in [0.29, 0.717) is 31.7 Å². The normalized spacial score (nSPS) is 15.8. The lowest BCUT2D eigenvalue weighted by Gasteiger charge is -2.37. The number of hydrogen-bond acceptors (Lipinski definition) is 5. The largest absolute Gasteiger partial charge is 0.484 e. The molecule has 46 heavy (non-hydrogen) atoms.